The van der Waals surface area contributed by atoms with Crippen LogP contribution in [0.5, 0.6) is 0 Å². The Morgan fingerprint density at radius 3 is 2.43 bits per heavy atom. The average Bonchev–Trinajstić information content (AvgIpc) is 3.13. The average molecular weight is 294 g/mol. The summed E-state index contributed by atoms with van der Waals surface area (Å²) in [5.74, 6) is -0.735. The van der Waals surface area contributed by atoms with Crippen molar-refractivity contribution in [1.82, 2.24) is 4.90 Å². The molecule has 0 radical (unpaired) electrons. The summed E-state index contributed by atoms with van der Waals surface area (Å²) in [6.07, 6.45) is 7.42. The molecule has 3 rings (SSSR count). The molecule has 4 heteroatoms. The van der Waals surface area contributed by atoms with Gasteiger partial charge in [0.25, 0.3) is 0 Å². The number of hydrogen-bond donors (Lipinski definition) is 1. The molecule has 2 nitrogen and oxygen atoms in total. The highest BCUT2D eigenvalue weighted by Gasteiger charge is 2.45. The minimum absolute atomic E-state index is 0.00470. The molecule has 1 aliphatic carbocycles. The summed E-state index contributed by atoms with van der Waals surface area (Å²) >= 11 is 0. The van der Waals surface area contributed by atoms with E-state index < -0.39 is 0 Å². The van der Waals surface area contributed by atoms with Crippen LogP contribution in [-0.4, -0.2) is 29.6 Å². The van der Waals surface area contributed by atoms with Crippen molar-refractivity contribution in [2.24, 2.45) is 5.73 Å². The van der Waals surface area contributed by atoms with Crippen LogP contribution in [0.25, 0.3) is 0 Å². The van der Waals surface area contributed by atoms with E-state index in [4.69, 9.17) is 5.73 Å². The van der Waals surface area contributed by atoms with E-state index in [0.29, 0.717) is 12.0 Å². The van der Waals surface area contributed by atoms with Crippen molar-refractivity contribution in [3.05, 3.63) is 35.4 Å². The van der Waals surface area contributed by atoms with Crippen molar-refractivity contribution in [3.8, 4) is 0 Å². The number of nitrogens with zero attached hydrogens (tertiary/aromatic N) is 1. The van der Waals surface area contributed by atoms with Gasteiger partial charge in [0, 0.05) is 11.6 Å². The van der Waals surface area contributed by atoms with Crippen LogP contribution in [0.3, 0.4) is 0 Å². The lowest BCUT2D eigenvalue weighted by atomic mass is 9.83. The topological polar surface area (TPSA) is 29.3 Å². The molecule has 1 aromatic carbocycles. The molecule has 116 valence electrons. The zero-order valence-corrected chi connectivity index (χ0v) is 12.5. The molecule has 0 bridgehead atoms. The van der Waals surface area contributed by atoms with Crippen molar-refractivity contribution in [2.45, 2.75) is 56.5 Å². The van der Waals surface area contributed by atoms with Crippen LogP contribution in [0.2, 0.25) is 0 Å². The Kier molecular flexibility index (Phi) is 4.27. The summed E-state index contributed by atoms with van der Waals surface area (Å²) < 4.78 is 27.2. The SMILES string of the molecule is NC(Cc1cc(F)ccc1F)C1(N2CCCC2)CCCC1. The number of nitrogens with two attached hydrogens (primary N) is 1. The second-order valence-corrected chi connectivity index (χ2v) is 6.55. The molecule has 0 aromatic heterocycles. The van der Waals surface area contributed by atoms with Crippen LogP contribution >= 0.6 is 0 Å². The molecule has 1 aromatic rings. The largest absolute Gasteiger partial charge is 0.326 e. The highest BCUT2D eigenvalue weighted by molar-refractivity contribution is 5.21. The van der Waals surface area contributed by atoms with E-state index in [1.54, 1.807) is 0 Å². The molecular formula is C17H24F2N2. The molecular weight excluding hydrogens is 270 g/mol. The third-order valence-corrected chi connectivity index (χ3v) is 5.34. The van der Waals surface area contributed by atoms with Gasteiger partial charge < -0.3 is 5.73 Å². The monoisotopic (exact) mass is 294 g/mol. The second-order valence-electron chi connectivity index (χ2n) is 6.55. The fourth-order valence-corrected chi connectivity index (χ4v) is 4.20. The number of benzene rings is 1. The van der Waals surface area contributed by atoms with E-state index in [2.05, 4.69) is 4.90 Å². The van der Waals surface area contributed by atoms with Crippen molar-refractivity contribution in [2.75, 3.05) is 13.1 Å². The quantitative estimate of drug-likeness (QED) is 0.923. The third kappa shape index (κ3) is 2.84. The lowest BCUT2D eigenvalue weighted by Crippen LogP contribution is -2.58. The van der Waals surface area contributed by atoms with Gasteiger partial charge in [-0.25, -0.2) is 8.78 Å². The molecule has 1 saturated heterocycles. The number of halogens is 2. The van der Waals surface area contributed by atoms with Gasteiger partial charge in [-0.2, -0.15) is 0 Å². The van der Waals surface area contributed by atoms with E-state index in [-0.39, 0.29) is 23.2 Å². The van der Waals surface area contributed by atoms with E-state index in [1.807, 2.05) is 0 Å². The standard InChI is InChI=1S/C17H24F2N2/c18-14-5-6-15(19)13(11-14)12-16(20)17(7-1-2-8-17)21-9-3-4-10-21/h5-6,11,16H,1-4,7-10,12,20H2. The maximum atomic E-state index is 13.9. The molecule has 2 fully saturated rings. The summed E-state index contributed by atoms with van der Waals surface area (Å²) in [4.78, 5) is 2.52. The first-order valence-electron chi connectivity index (χ1n) is 8.06. The predicted molar refractivity (Wildman–Crippen MR) is 80.0 cm³/mol. The summed E-state index contributed by atoms with van der Waals surface area (Å²) in [5.41, 5.74) is 6.92. The lowest BCUT2D eigenvalue weighted by molar-refractivity contribution is 0.0918. The second kappa shape index (κ2) is 6.01. The molecule has 1 saturated carbocycles. The maximum Gasteiger partial charge on any atom is 0.126 e. The lowest BCUT2D eigenvalue weighted by Gasteiger charge is -2.43. The predicted octanol–water partition coefficient (Wildman–Crippen LogP) is 3.24. The van der Waals surface area contributed by atoms with Crippen molar-refractivity contribution >= 4 is 0 Å². The van der Waals surface area contributed by atoms with Gasteiger partial charge in [-0.05, 0) is 69.0 Å². The van der Waals surface area contributed by atoms with Crippen LogP contribution in [0.1, 0.15) is 44.1 Å². The number of hydrogen-bond acceptors (Lipinski definition) is 2. The van der Waals surface area contributed by atoms with Gasteiger partial charge in [0.1, 0.15) is 11.6 Å². The molecule has 1 aliphatic heterocycles. The molecule has 0 spiro atoms. The molecule has 2 aliphatic rings. The summed E-state index contributed by atoms with van der Waals surface area (Å²) in [5, 5.41) is 0. The Morgan fingerprint density at radius 2 is 1.76 bits per heavy atom. The van der Waals surface area contributed by atoms with Crippen LogP contribution in [-0.2, 0) is 6.42 Å². The summed E-state index contributed by atoms with van der Waals surface area (Å²) in [6, 6.07) is 3.53. The van der Waals surface area contributed by atoms with Gasteiger partial charge in [-0.15, -0.1) is 0 Å². The first-order chi connectivity index (χ1) is 10.1. The van der Waals surface area contributed by atoms with E-state index in [1.165, 1.54) is 37.8 Å². The molecule has 2 N–H and O–H groups in total. The van der Waals surface area contributed by atoms with Gasteiger partial charge in [0.2, 0.25) is 0 Å². The Labute approximate surface area is 125 Å². The molecule has 1 heterocycles. The van der Waals surface area contributed by atoms with Crippen LogP contribution in [0.15, 0.2) is 18.2 Å². The number of rotatable bonds is 4. The fraction of sp³-hybridized carbons (Fsp3) is 0.647. The minimum atomic E-state index is -0.389. The van der Waals surface area contributed by atoms with Crippen LogP contribution < -0.4 is 5.73 Å². The molecule has 1 unspecified atom stereocenters. The third-order valence-electron chi connectivity index (χ3n) is 5.34. The van der Waals surface area contributed by atoms with Gasteiger partial charge in [0.15, 0.2) is 0 Å². The highest BCUT2D eigenvalue weighted by Crippen LogP contribution is 2.40. The van der Waals surface area contributed by atoms with Crippen molar-refractivity contribution < 1.29 is 8.78 Å². The minimum Gasteiger partial charge on any atom is -0.326 e. The summed E-state index contributed by atoms with van der Waals surface area (Å²) in [6.45, 7) is 2.19. The Bertz CT molecular complexity index is 492. The Hall–Kier alpha value is -1.00. The first-order valence-corrected chi connectivity index (χ1v) is 8.06. The normalized spacial score (nSPS) is 23.6. The van der Waals surface area contributed by atoms with Crippen LogP contribution in [0, 0.1) is 11.6 Å². The zero-order valence-electron chi connectivity index (χ0n) is 12.5. The fourth-order valence-electron chi connectivity index (χ4n) is 4.20. The van der Waals surface area contributed by atoms with E-state index in [9.17, 15) is 8.78 Å². The van der Waals surface area contributed by atoms with Crippen LogP contribution in [0.4, 0.5) is 8.78 Å². The first kappa shape index (κ1) is 14.9. The van der Waals surface area contributed by atoms with E-state index >= 15 is 0 Å². The van der Waals surface area contributed by atoms with Gasteiger partial charge >= 0.3 is 0 Å². The highest BCUT2D eigenvalue weighted by atomic mass is 19.1. The Morgan fingerprint density at radius 1 is 1.10 bits per heavy atom. The van der Waals surface area contributed by atoms with Gasteiger partial charge in [-0.1, -0.05) is 12.8 Å². The zero-order chi connectivity index (χ0) is 14.9. The van der Waals surface area contributed by atoms with E-state index in [0.717, 1.165) is 32.0 Å². The Balaban J connectivity index is 1.81. The van der Waals surface area contributed by atoms with Gasteiger partial charge in [0.05, 0.1) is 0 Å². The number of likely N-dealkylation sites (tertiary alicyclic amines) is 1. The van der Waals surface area contributed by atoms with Crippen molar-refractivity contribution in [3.63, 3.8) is 0 Å². The van der Waals surface area contributed by atoms with Gasteiger partial charge in [-0.3, -0.25) is 4.90 Å². The molecule has 1 atom stereocenters. The smallest absolute Gasteiger partial charge is 0.126 e. The molecule has 0 amide bonds. The molecule has 21 heavy (non-hydrogen) atoms. The summed E-state index contributed by atoms with van der Waals surface area (Å²) in [7, 11) is 0. The van der Waals surface area contributed by atoms with Crippen molar-refractivity contribution in [1.29, 1.82) is 0 Å². The maximum absolute atomic E-state index is 13.9.